The number of carbonyl (C=O) groups excluding carboxylic acids is 1. The Morgan fingerprint density at radius 1 is 1.20 bits per heavy atom. The Hall–Kier alpha value is -2.81. The number of hydrogen-bond donors (Lipinski definition) is 3. The van der Waals surface area contributed by atoms with E-state index in [0.29, 0.717) is 6.42 Å². The van der Waals surface area contributed by atoms with Gasteiger partial charge in [-0.15, -0.1) is 0 Å². The van der Waals surface area contributed by atoms with Gasteiger partial charge in [-0.25, -0.2) is 13.2 Å². The van der Waals surface area contributed by atoms with Crippen molar-refractivity contribution in [2.75, 3.05) is 16.3 Å². The van der Waals surface area contributed by atoms with Crippen molar-refractivity contribution < 1.29 is 27.5 Å². The van der Waals surface area contributed by atoms with E-state index in [2.05, 4.69) is 10.0 Å². The number of amides is 1. The Labute approximate surface area is 144 Å². The number of aromatic carboxylic acids is 1. The van der Waals surface area contributed by atoms with Crippen LogP contribution in [0.3, 0.4) is 0 Å². The Kier molecular flexibility index (Phi) is 5.17. The number of carbonyl (C=O) groups is 2. The molecule has 8 nitrogen and oxygen atoms in total. The second-order valence-electron chi connectivity index (χ2n) is 5.48. The molecule has 2 aromatic rings. The molecule has 0 spiro atoms. The minimum atomic E-state index is -3.53. The van der Waals surface area contributed by atoms with E-state index in [4.69, 9.17) is 9.52 Å². The zero-order chi connectivity index (χ0) is 18.8. The third-order valence-corrected chi connectivity index (χ3v) is 3.89. The maximum atomic E-state index is 12.4. The van der Waals surface area contributed by atoms with Crippen molar-refractivity contribution in [1.29, 1.82) is 0 Å². The molecule has 0 fully saturated rings. The monoisotopic (exact) mass is 366 g/mol. The zero-order valence-corrected chi connectivity index (χ0v) is 14.7. The number of benzene rings is 1. The van der Waals surface area contributed by atoms with Crippen molar-refractivity contribution in [3.8, 4) is 0 Å². The standard InChI is InChI=1S/C16H18N2O6S/c1-4-13-10(16(20)21)8-14(24-13)15(19)17-12-7-9(2)5-6-11(12)18-25(3,22)23/h5-8,18H,4H2,1-3H3,(H,17,19)(H,20,21). The number of rotatable bonds is 6. The molecule has 0 saturated heterocycles. The third-order valence-electron chi connectivity index (χ3n) is 3.30. The normalized spacial score (nSPS) is 11.2. The van der Waals surface area contributed by atoms with E-state index in [1.807, 2.05) is 0 Å². The Bertz CT molecular complexity index is 930. The highest BCUT2D eigenvalue weighted by Gasteiger charge is 2.21. The average molecular weight is 366 g/mol. The molecule has 9 heteroatoms. The van der Waals surface area contributed by atoms with E-state index in [1.54, 1.807) is 26.0 Å². The molecule has 0 unspecified atom stereocenters. The summed E-state index contributed by atoms with van der Waals surface area (Å²) in [5.41, 5.74) is 1.16. The van der Waals surface area contributed by atoms with Crippen molar-refractivity contribution in [2.45, 2.75) is 20.3 Å². The van der Waals surface area contributed by atoms with Crippen LogP contribution in [0.2, 0.25) is 0 Å². The first-order chi connectivity index (χ1) is 11.6. The fourth-order valence-electron chi connectivity index (χ4n) is 2.22. The number of aryl methyl sites for hydroxylation is 2. The van der Waals surface area contributed by atoms with E-state index >= 15 is 0 Å². The lowest BCUT2D eigenvalue weighted by Crippen LogP contribution is -2.16. The van der Waals surface area contributed by atoms with E-state index in [0.717, 1.165) is 17.9 Å². The number of sulfonamides is 1. The van der Waals surface area contributed by atoms with Gasteiger partial charge >= 0.3 is 5.97 Å². The summed E-state index contributed by atoms with van der Waals surface area (Å²) in [6, 6.07) is 5.95. The molecule has 0 bridgehead atoms. The van der Waals surface area contributed by atoms with Crippen molar-refractivity contribution in [3.05, 3.63) is 46.9 Å². The molecule has 1 amide bonds. The third kappa shape index (κ3) is 4.60. The summed E-state index contributed by atoms with van der Waals surface area (Å²) in [5.74, 6) is -1.84. The molecule has 0 atom stereocenters. The molecule has 1 heterocycles. The predicted molar refractivity (Wildman–Crippen MR) is 92.6 cm³/mol. The fraction of sp³-hybridized carbons (Fsp3) is 0.250. The minimum Gasteiger partial charge on any atom is -0.478 e. The number of furan rings is 1. The molecule has 1 aromatic carbocycles. The van der Waals surface area contributed by atoms with Crippen LogP contribution in [0.1, 0.15) is 39.2 Å². The van der Waals surface area contributed by atoms with Crippen LogP contribution in [0.5, 0.6) is 0 Å². The van der Waals surface area contributed by atoms with E-state index in [9.17, 15) is 18.0 Å². The van der Waals surface area contributed by atoms with E-state index in [-0.39, 0.29) is 28.5 Å². The summed E-state index contributed by atoms with van der Waals surface area (Å²) in [7, 11) is -3.53. The molecule has 1 aromatic heterocycles. The predicted octanol–water partition coefficient (Wildman–Crippen LogP) is 2.47. The van der Waals surface area contributed by atoms with Crippen LogP contribution in [0.25, 0.3) is 0 Å². The van der Waals surface area contributed by atoms with Gasteiger partial charge in [0.25, 0.3) is 5.91 Å². The number of carboxylic acids is 1. The summed E-state index contributed by atoms with van der Waals surface area (Å²) in [6.45, 7) is 3.49. The topological polar surface area (TPSA) is 126 Å². The Morgan fingerprint density at radius 2 is 1.88 bits per heavy atom. The van der Waals surface area contributed by atoms with Crippen LogP contribution in [-0.2, 0) is 16.4 Å². The van der Waals surface area contributed by atoms with Gasteiger partial charge in [-0.05, 0) is 24.6 Å². The van der Waals surface area contributed by atoms with Gasteiger partial charge in [-0.3, -0.25) is 9.52 Å². The highest BCUT2D eigenvalue weighted by molar-refractivity contribution is 7.92. The summed E-state index contributed by atoms with van der Waals surface area (Å²) in [4.78, 5) is 23.5. The van der Waals surface area contributed by atoms with Crippen LogP contribution in [0.4, 0.5) is 11.4 Å². The number of nitrogens with one attached hydrogen (secondary N) is 2. The molecule has 0 aliphatic carbocycles. The molecule has 0 saturated carbocycles. The highest BCUT2D eigenvalue weighted by atomic mass is 32.2. The first kappa shape index (κ1) is 18.5. The zero-order valence-electron chi connectivity index (χ0n) is 13.9. The van der Waals surface area contributed by atoms with Crippen molar-refractivity contribution in [2.24, 2.45) is 0 Å². The first-order valence-corrected chi connectivity index (χ1v) is 9.25. The lowest BCUT2D eigenvalue weighted by Gasteiger charge is -2.12. The van der Waals surface area contributed by atoms with Crippen LogP contribution in [-0.4, -0.2) is 31.7 Å². The van der Waals surface area contributed by atoms with Crippen molar-refractivity contribution in [3.63, 3.8) is 0 Å². The molecule has 0 aliphatic rings. The lowest BCUT2D eigenvalue weighted by atomic mass is 10.2. The van der Waals surface area contributed by atoms with Gasteiger partial charge in [0, 0.05) is 12.5 Å². The van der Waals surface area contributed by atoms with Crippen LogP contribution >= 0.6 is 0 Å². The molecule has 0 radical (unpaired) electrons. The summed E-state index contributed by atoms with van der Waals surface area (Å²) in [6.07, 6.45) is 1.32. The summed E-state index contributed by atoms with van der Waals surface area (Å²) >= 11 is 0. The van der Waals surface area contributed by atoms with E-state index < -0.39 is 21.9 Å². The van der Waals surface area contributed by atoms with Crippen molar-refractivity contribution >= 4 is 33.3 Å². The van der Waals surface area contributed by atoms with Crippen molar-refractivity contribution in [1.82, 2.24) is 0 Å². The molecule has 2 rings (SSSR count). The first-order valence-electron chi connectivity index (χ1n) is 7.36. The fourth-order valence-corrected chi connectivity index (χ4v) is 2.80. The maximum Gasteiger partial charge on any atom is 0.339 e. The Balaban J connectivity index is 2.35. The van der Waals surface area contributed by atoms with Gasteiger partial charge < -0.3 is 14.8 Å². The lowest BCUT2D eigenvalue weighted by molar-refractivity contribution is 0.0694. The van der Waals surface area contributed by atoms with E-state index in [1.165, 1.54) is 6.07 Å². The average Bonchev–Trinajstić information content (AvgIpc) is 2.93. The summed E-state index contributed by atoms with van der Waals surface area (Å²) in [5, 5.41) is 11.7. The molecule has 134 valence electrons. The minimum absolute atomic E-state index is 0.0774. The van der Waals surface area contributed by atoms with Gasteiger partial charge in [0.2, 0.25) is 10.0 Å². The SMILES string of the molecule is CCc1oc(C(=O)Nc2cc(C)ccc2NS(C)(=O)=O)cc1C(=O)O. The second-order valence-corrected chi connectivity index (χ2v) is 7.23. The second kappa shape index (κ2) is 6.98. The molecule has 0 aliphatic heterocycles. The van der Waals surface area contributed by atoms with Crippen LogP contribution < -0.4 is 10.0 Å². The quantitative estimate of drug-likeness (QED) is 0.721. The molecular formula is C16H18N2O6S. The maximum absolute atomic E-state index is 12.4. The molecule has 25 heavy (non-hydrogen) atoms. The van der Waals surface area contributed by atoms with Crippen LogP contribution in [0, 0.1) is 6.92 Å². The largest absolute Gasteiger partial charge is 0.478 e. The number of carboxylic acid groups (broad SMARTS) is 1. The van der Waals surface area contributed by atoms with Gasteiger partial charge in [-0.2, -0.15) is 0 Å². The summed E-state index contributed by atoms with van der Waals surface area (Å²) < 4.78 is 30.5. The van der Waals surface area contributed by atoms with Gasteiger partial charge in [0.1, 0.15) is 11.3 Å². The number of anilines is 2. The molecule has 3 N–H and O–H groups in total. The Morgan fingerprint density at radius 3 is 2.40 bits per heavy atom. The van der Waals surface area contributed by atoms with Gasteiger partial charge in [-0.1, -0.05) is 13.0 Å². The van der Waals surface area contributed by atoms with Gasteiger partial charge in [0.15, 0.2) is 5.76 Å². The smallest absolute Gasteiger partial charge is 0.339 e. The highest BCUT2D eigenvalue weighted by Crippen LogP contribution is 2.25. The number of hydrogen-bond acceptors (Lipinski definition) is 5. The van der Waals surface area contributed by atoms with Gasteiger partial charge in [0.05, 0.1) is 17.6 Å². The molecular weight excluding hydrogens is 348 g/mol. The van der Waals surface area contributed by atoms with Crippen LogP contribution in [0.15, 0.2) is 28.7 Å².